The number of anilines is 2. The van der Waals surface area contributed by atoms with Crippen LogP contribution < -0.4 is 15.5 Å². The zero-order chi connectivity index (χ0) is 23.1. The molecule has 7 rings (SSSR count). The average Bonchev–Trinajstić information content (AvgIpc) is 3.22. The van der Waals surface area contributed by atoms with Crippen LogP contribution >= 0.6 is 0 Å². The van der Waals surface area contributed by atoms with Crippen LogP contribution in [0.2, 0.25) is 0 Å². The zero-order valence-corrected chi connectivity index (χ0v) is 19.9. The second kappa shape index (κ2) is 8.75. The first-order valence-electron chi connectivity index (χ1n) is 13.1. The number of hydrogen-bond acceptors (Lipinski definition) is 3. The molecule has 0 aromatic heterocycles. The second-order valence-corrected chi connectivity index (χ2v) is 11.2. The van der Waals surface area contributed by atoms with E-state index < -0.39 is 0 Å². The van der Waals surface area contributed by atoms with Gasteiger partial charge in [0.1, 0.15) is 0 Å². The number of carbonyl (C=O) groups is 2. The van der Waals surface area contributed by atoms with Gasteiger partial charge < -0.3 is 15.5 Å². The van der Waals surface area contributed by atoms with Crippen molar-refractivity contribution < 1.29 is 9.59 Å². The van der Waals surface area contributed by atoms with E-state index in [9.17, 15) is 9.59 Å². The maximum Gasteiger partial charge on any atom is 0.226 e. The van der Waals surface area contributed by atoms with Gasteiger partial charge >= 0.3 is 0 Å². The lowest BCUT2D eigenvalue weighted by Crippen LogP contribution is -2.53. The van der Waals surface area contributed by atoms with Gasteiger partial charge in [0.2, 0.25) is 11.8 Å². The van der Waals surface area contributed by atoms with Crippen molar-refractivity contribution in [3.8, 4) is 0 Å². The van der Waals surface area contributed by atoms with Crippen LogP contribution in [-0.2, 0) is 22.6 Å². The molecule has 4 fully saturated rings. The number of carbonyl (C=O) groups excluding carboxylic acids is 2. The van der Waals surface area contributed by atoms with Gasteiger partial charge in [-0.15, -0.1) is 0 Å². The Bertz CT molecular complexity index is 1060. The van der Waals surface area contributed by atoms with E-state index in [-0.39, 0.29) is 17.2 Å². The van der Waals surface area contributed by atoms with Crippen LogP contribution in [-0.4, -0.2) is 24.9 Å². The summed E-state index contributed by atoms with van der Waals surface area (Å²) in [6.07, 6.45) is 8.54. The number of nitrogens with one attached hydrogen (secondary N) is 2. The van der Waals surface area contributed by atoms with Crippen molar-refractivity contribution in [2.45, 2.75) is 57.9 Å². The predicted molar refractivity (Wildman–Crippen MR) is 134 cm³/mol. The Morgan fingerprint density at radius 3 is 2.35 bits per heavy atom. The van der Waals surface area contributed by atoms with Gasteiger partial charge in [-0.2, -0.15) is 0 Å². The molecule has 4 aliphatic carbocycles. The number of fused-ring (bicyclic) bond motifs is 1. The molecule has 34 heavy (non-hydrogen) atoms. The smallest absolute Gasteiger partial charge is 0.226 e. The lowest BCUT2D eigenvalue weighted by atomic mass is 9.49. The lowest BCUT2D eigenvalue weighted by Gasteiger charge is -2.55. The van der Waals surface area contributed by atoms with Crippen LogP contribution in [0.1, 0.15) is 56.1 Å². The van der Waals surface area contributed by atoms with Crippen molar-refractivity contribution in [2.75, 3.05) is 23.3 Å². The maximum atomic E-state index is 13.1. The number of para-hydroxylation sites is 2. The quantitative estimate of drug-likeness (QED) is 0.621. The number of nitrogens with zero attached hydrogens (tertiary/aromatic N) is 1. The maximum absolute atomic E-state index is 13.1. The van der Waals surface area contributed by atoms with Gasteiger partial charge in [0.05, 0.1) is 0 Å². The Morgan fingerprint density at radius 1 is 0.912 bits per heavy atom. The average molecular weight is 458 g/mol. The number of hydrogen-bond donors (Lipinski definition) is 2. The molecule has 2 amide bonds. The molecule has 0 radical (unpaired) electrons. The van der Waals surface area contributed by atoms with E-state index in [4.69, 9.17) is 0 Å². The molecule has 0 atom stereocenters. The Kier molecular flexibility index (Phi) is 5.59. The molecule has 5 nitrogen and oxygen atoms in total. The van der Waals surface area contributed by atoms with Gasteiger partial charge in [0.25, 0.3) is 0 Å². The lowest BCUT2D eigenvalue weighted by molar-refractivity contribution is -0.146. The van der Waals surface area contributed by atoms with Crippen molar-refractivity contribution in [1.82, 2.24) is 5.32 Å². The molecular weight excluding hydrogens is 422 g/mol. The van der Waals surface area contributed by atoms with E-state index in [2.05, 4.69) is 45.9 Å². The summed E-state index contributed by atoms with van der Waals surface area (Å²) in [5.41, 5.74) is 4.51. The minimum atomic E-state index is -0.149. The molecule has 4 saturated carbocycles. The van der Waals surface area contributed by atoms with Gasteiger partial charge in [-0.3, -0.25) is 9.59 Å². The van der Waals surface area contributed by atoms with E-state index in [0.29, 0.717) is 13.0 Å². The van der Waals surface area contributed by atoms with Crippen molar-refractivity contribution >= 4 is 23.2 Å². The normalized spacial score (nSPS) is 28.6. The summed E-state index contributed by atoms with van der Waals surface area (Å²) in [5.74, 6) is 2.41. The first-order chi connectivity index (χ1) is 16.6. The minimum absolute atomic E-state index is 0.0416. The van der Waals surface area contributed by atoms with Gasteiger partial charge in [0, 0.05) is 42.8 Å². The van der Waals surface area contributed by atoms with Crippen molar-refractivity contribution in [3.05, 3.63) is 59.7 Å². The zero-order valence-electron chi connectivity index (χ0n) is 19.9. The highest BCUT2D eigenvalue weighted by atomic mass is 16.2. The van der Waals surface area contributed by atoms with Crippen LogP contribution in [0.3, 0.4) is 0 Å². The third-order valence-electron chi connectivity index (χ3n) is 8.79. The van der Waals surface area contributed by atoms with E-state index in [1.807, 2.05) is 18.2 Å². The topological polar surface area (TPSA) is 61.4 Å². The molecular formula is C29H35N3O2. The fourth-order valence-corrected chi connectivity index (χ4v) is 7.64. The first kappa shape index (κ1) is 21.7. The molecule has 0 unspecified atom stereocenters. The van der Waals surface area contributed by atoms with Crippen LogP contribution in [0.5, 0.6) is 0 Å². The predicted octanol–water partition coefficient (Wildman–Crippen LogP) is 4.91. The standard InChI is InChI=1S/C29H35N3O2/c33-27(9-11-30-28(34)29-16-20-13-21(17-29)15-22(14-20)18-29)31-25-7-3-1-6-24(25)19-32-12-10-23-5-2-4-8-26(23)32/h1-8,20-22H,9-19H2,(H,30,34)(H,31,33). The highest BCUT2D eigenvalue weighted by Crippen LogP contribution is 2.60. The van der Waals surface area contributed by atoms with E-state index in [1.165, 1.54) is 30.5 Å². The van der Waals surface area contributed by atoms with E-state index >= 15 is 0 Å². The molecule has 0 spiro atoms. The van der Waals surface area contributed by atoms with Gasteiger partial charge in [-0.05, 0) is 86.0 Å². The molecule has 1 heterocycles. The Balaban J connectivity index is 1.03. The van der Waals surface area contributed by atoms with Crippen LogP contribution in [0, 0.1) is 23.2 Å². The Labute approximate surface area is 202 Å². The molecule has 5 aliphatic rings. The molecule has 2 aromatic carbocycles. The SMILES string of the molecule is O=C(CCNC(=O)C12CC3CC(CC(C3)C1)C2)Nc1ccccc1CN1CCc2ccccc21. The van der Waals surface area contributed by atoms with Crippen molar-refractivity contribution in [1.29, 1.82) is 0 Å². The van der Waals surface area contributed by atoms with Gasteiger partial charge in [0.15, 0.2) is 0 Å². The van der Waals surface area contributed by atoms with Crippen LogP contribution in [0.4, 0.5) is 11.4 Å². The largest absolute Gasteiger partial charge is 0.367 e. The third-order valence-corrected chi connectivity index (χ3v) is 8.79. The molecule has 4 bridgehead atoms. The number of amides is 2. The molecule has 178 valence electrons. The van der Waals surface area contributed by atoms with Crippen molar-refractivity contribution in [2.24, 2.45) is 23.2 Å². The monoisotopic (exact) mass is 457 g/mol. The fraction of sp³-hybridized carbons (Fsp3) is 0.517. The molecule has 1 aliphatic heterocycles. The Morgan fingerprint density at radius 2 is 1.59 bits per heavy atom. The summed E-state index contributed by atoms with van der Waals surface area (Å²) in [6, 6.07) is 16.6. The molecule has 0 saturated heterocycles. The summed E-state index contributed by atoms with van der Waals surface area (Å²) in [4.78, 5) is 28.3. The van der Waals surface area contributed by atoms with Gasteiger partial charge in [-0.25, -0.2) is 0 Å². The second-order valence-electron chi connectivity index (χ2n) is 11.2. The molecule has 2 aromatic rings. The molecule has 5 heteroatoms. The van der Waals surface area contributed by atoms with Crippen LogP contribution in [0.25, 0.3) is 0 Å². The third kappa shape index (κ3) is 4.10. The van der Waals surface area contributed by atoms with Gasteiger partial charge in [-0.1, -0.05) is 36.4 Å². The summed E-state index contributed by atoms with van der Waals surface area (Å²) in [5, 5.41) is 6.23. The number of benzene rings is 2. The van der Waals surface area contributed by atoms with Crippen molar-refractivity contribution in [3.63, 3.8) is 0 Å². The summed E-state index contributed by atoms with van der Waals surface area (Å²) in [7, 11) is 0. The van der Waals surface area contributed by atoms with E-state index in [1.54, 1.807) is 0 Å². The first-order valence-corrected chi connectivity index (χ1v) is 13.1. The van der Waals surface area contributed by atoms with E-state index in [0.717, 1.165) is 67.8 Å². The highest BCUT2D eigenvalue weighted by molar-refractivity contribution is 5.92. The number of rotatable bonds is 7. The minimum Gasteiger partial charge on any atom is -0.367 e. The van der Waals surface area contributed by atoms with Crippen LogP contribution in [0.15, 0.2) is 48.5 Å². The summed E-state index contributed by atoms with van der Waals surface area (Å²) >= 11 is 0. The Hall–Kier alpha value is -2.82. The fourth-order valence-electron chi connectivity index (χ4n) is 7.64. The molecule has 2 N–H and O–H groups in total. The highest BCUT2D eigenvalue weighted by Gasteiger charge is 2.54. The summed E-state index contributed by atoms with van der Waals surface area (Å²) < 4.78 is 0. The summed E-state index contributed by atoms with van der Waals surface area (Å²) in [6.45, 7) is 2.18.